The Labute approximate surface area is 109 Å². The SMILES string of the molecule is CCc1cc(Br)cc(C(N)CC(=O)O)c1OC. The lowest BCUT2D eigenvalue weighted by Crippen LogP contribution is -2.16. The minimum absolute atomic E-state index is 0.115. The first-order valence-corrected chi connectivity index (χ1v) is 6.12. The van der Waals surface area contributed by atoms with Crippen molar-refractivity contribution >= 4 is 21.9 Å². The Morgan fingerprint density at radius 3 is 2.71 bits per heavy atom. The molecule has 1 aromatic rings. The summed E-state index contributed by atoms with van der Waals surface area (Å²) in [5.41, 5.74) is 7.62. The van der Waals surface area contributed by atoms with Gasteiger partial charge in [0.25, 0.3) is 0 Å². The van der Waals surface area contributed by atoms with Gasteiger partial charge in [-0.1, -0.05) is 22.9 Å². The smallest absolute Gasteiger partial charge is 0.305 e. The third-order valence-corrected chi connectivity index (χ3v) is 3.00. The second-order valence-electron chi connectivity index (χ2n) is 3.75. The molecule has 0 heterocycles. The fourth-order valence-corrected chi connectivity index (χ4v) is 2.28. The molecule has 1 rings (SSSR count). The molecule has 5 heteroatoms. The van der Waals surface area contributed by atoms with Crippen molar-refractivity contribution in [2.45, 2.75) is 25.8 Å². The molecule has 0 fully saturated rings. The summed E-state index contributed by atoms with van der Waals surface area (Å²) in [6.07, 6.45) is 0.686. The Balaban J connectivity index is 3.20. The number of aliphatic carboxylic acids is 1. The maximum Gasteiger partial charge on any atom is 0.305 e. The second-order valence-corrected chi connectivity index (χ2v) is 4.66. The van der Waals surface area contributed by atoms with Crippen LogP contribution in [0, 0.1) is 0 Å². The average molecular weight is 302 g/mol. The Morgan fingerprint density at radius 1 is 1.59 bits per heavy atom. The Kier molecular flexibility index (Phi) is 4.96. The molecule has 0 aromatic heterocycles. The van der Waals surface area contributed by atoms with Crippen LogP contribution >= 0.6 is 15.9 Å². The summed E-state index contributed by atoms with van der Waals surface area (Å²) in [6, 6.07) is 3.20. The van der Waals surface area contributed by atoms with Crippen LogP contribution in [-0.2, 0) is 11.2 Å². The van der Waals surface area contributed by atoms with Crippen molar-refractivity contribution in [2.75, 3.05) is 7.11 Å². The molecule has 4 nitrogen and oxygen atoms in total. The first-order chi connectivity index (χ1) is 7.99. The monoisotopic (exact) mass is 301 g/mol. The summed E-state index contributed by atoms with van der Waals surface area (Å²) >= 11 is 3.39. The van der Waals surface area contributed by atoms with E-state index in [1.54, 1.807) is 7.11 Å². The molecule has 94 valence electrons. The molecule has 0 aliphatic rings. The van der Waals surface area contributed by atoms with E-state index in [-0.39, 0.29) is 6.42 Å². The number of aryl methyl sites for hydroxylation is 1. The lowest BCUT2D eigenvalue weighted by atomic mass is 9.99. The van der Waals surface area contributed by atoms with Crippen molar-refractivity contribution in [3.63, 3.8) is 0 Å². The molecular formula is C12H16BrNO3. The molecule has 0 spiro atoms. The molecule has 0 radical (unpaired) electrons. The van der Waals surface area contributed by atoms with Gasteiger partial charge in [0.1, 0.15) is 5.75 Å². The minimum atomic E-state index is -0.919. The van der Waals surface area contributed by atoms with Gasteiger partial charge >= 0.3 is 5.97 Å². The van der Waals surface area contributed by atoms with Gasteiger partial charge in [0.2, 0.25) is 0 Å². The number of hydrogen-bond donors (Lipinski definition) is 2. The van der Waals surface area contributed by atoms with E-state index in [9.17, 15) is 4.79 Å². The molecule has 0 aliphatic heterocycles. The molecule has 1 aromatic carbocycles. The molecule has 3 N–H and O–H groups in total. The Morgan fingerprint density at radius 2 is 2.24 bits per heavy atom. The van der Waals surface area contributed by atoms with Crippen molar-refractivity contribution in [1.82, 2.24) is 0 Å². The van der Waals surface area contributed by atoms with Gasteiger partial charge in [-0.25, -0.2) is 0 Å². The van der Waals surface area contributed by atoms with Gasteiger partial charge in [0, 0.05) is 16.1 Å². The standard InChI is InChI=1S/C12H16BrNO3/c1-3-7-4-8(13)5-9(12(7)17-2)10(14)6-11(15)16/h4-5,10H,3,6,14H2,1-2H3,(H,15,16). The third-order valence-electron chi connectivity index (χ3n) is 2.54. The van der Waals surface area contributed by atoms with Gasteiger partial charge in [-0.05, 0) is 24.1 Å². The molecule has 0 bridgehead atoms. The van der Waals surface area contributed by atoms with Crippen LogP contribution in [0.25, 0.3) is 0 Å². The number of halogens is 1. The van der Waals surface area contributed by atoms with Crippen LogP contribution in [0.2, 0.25) is 0 Å². The highest BCUT2D eigenvalue weighted by atomic mass is 79.9. The van der Waals surface area contributed by atoms with Crippen LogP contribution < -0.4 is 10.5 Å². The second kappa shape index (κ2) is 6.02. The molecule has 1 unspecified atom stereocenters. The molecule has 0 saturated heterocycles. The number of carboxylic acids is 1. The van der Waals surface area contributed by atoms with Gasteiger partial charge in [-0.2, -0.15) is 0 Å². The quantitative estimate of drug-likeness (QED) is 0.876. The van der Waals surface area contributed by atoms with E-state index in [4.69, 9.17) is 15.6 Å². The molecule has 0 saturated carbocycles. The van der Waals surface area contributed by atoms with Crippen molar-refractivity contribution in [3.8, 4) is 5.75 Å². The zero-order valence-electron chi connectivity index (χ0n) is 9.87. The lowest BCUT2D eigenvalue weighted by Gasteiger charge is -2.17. The Hall–Kier alpha value is -1.07. The molecule has 0 aliphatic carbocycles. The average Bonchev–Trinajstić information content (AvgIpc) is 2.26. The highest BCUT2D eigenvalue weighted by Crippen LogP contribution is 2.33. The number of ether oxygens (including phenoxy) is 1. The molecule has 1 atom stereocenters. The molecule has 17 heavy (non-hydrogen) atoms. The van der Waals surface area contributed by atoms with Gasteiger partial charge < -0.3 is 15.6 Å². The number of carboxylic acid groups (broad SMARTS) is 1. The highest BCUT2D eigenvalue weighted by molar-refractivity contribution is 9.10. The normalized spacial score (nSPS) is 12.2. The number of hydrogen-bond acceptors (Lipinski definition) is 3. The highest BCUT2D eigenvalue weighted by Gasteiger charge is 2.18. The fraction of sp³-hybridized carbons (Fsp3) is 0.417. The predicted molar refractivity (Wildman–Crippen MR) is 69.3 cm³/mol. The van der Waals surface area contributed by atoms with E-state index in [1.807, 2.05) is 19.1 Å². The van der Waals surface area contributed by atoms with E-state index < -0.39 is 12.0 Å². The number of nitrogens with two attached hydrogens (primary N) is 1. The Bertz CT molecular complexity index is 420. The largest absolute Gasteiger partial charge is 0.496 e. The molecular weight excluding hydrogens is 286 g/mol. The zero-order chi connectivity index (χ0) is 13.0. The predicted octanol–water partition coefficient (Wildman–Crippen LogP) is 2.49. The van der Waals surface area contributed by atoms with Crippen molar-refractivity contribution in [3.05, 3.63) is 27.7 Å². The summed E-state index contributed by atoms with van der Waals surface area (Å²) in [5, 5.41) is 8.77. The maximum atomic E-state index is 10.7. The summed E-state index contributed by atoms with van der Waals surface area (Å²) in [4.78, 5) is 10.7. The topological polar surface area (TPSA) is 72.6 Å². The number of rotatable bonds is 5. The summed E-state index contributed by atoms with van der Waals surface area (Å²) in [6.45, 7) is 2.01. The van der Waals surface area contributed by atoms with Gasteiger partial charge in [0.15, 0.2) is 0 Å². The van der Waals surface area contributed by atoms with Crippen LogP contribution in [0.15, 0.2) is 16.6 Å². The van der Waals surface area contributed by atoms with E-state index in [1.165, 1.54) is 0 Å². The van der Waals surface area contributed by atoms with Gasteiger partial charge in [-0.3, -0.25) is 4.79 Å². The first-order valence-electron chi connectivity index (χ1n) is 5.33. The van der Waals surface area contributed by atoms with Crippen LogP contribution in [-0.4, -0.2) is 18.2 Å². The van der Waals surface area contributed by atoms with Crippen LogP contribution in [0.5, 0.6) is 5.75 Å². The van der Waals surface area contributed by atoms with Crippen LogP contribution in [0.4, 0.5) is 0 Å². The summed E-state index contributed by atoms with van der Waals surface area (Å²) < 4.78 is 6.21. The maximum absolute atomic E-state index is 10.7. The lowest BCUT2D eigenvalue weighted by molar-refractivity contribution is -0.137. The van der Waals surface area contributed by atoms with Crippen molar-refractivity contribution in [1.29, 1.82) is 0 Å². The van der Waals surface area contributed by atoms with Crippen LogP contribution in [0.3, 0.4) is 0 Å². The van der Waals surface area contributed by atoms with Crippen LogP contribution in [0.1, 0.15) is 30.5 Å². The fourth-order valence-electron chi connectivity index (χ4n) is 1.76. The number of carbonyl (C=O) groups is 1. The van der Waals surface area contributed by atoms with E-state index in [0.29, 0.717) is 5.75 Å². The van der Waals surface area contributed by atoms with E-state index in [0.717, 1.165) is 22.0 Å². The zero-order valence-corrected chi connectivity index (χ0v) is 11.5. The van der Waals surface area contributed by atoms with Gasteiger partial charge in [0.05, 0.1) is 13.5 Å². The summed E-state index contributed by atoms with van der Waals surface area (Å²) in [7, 11) is 1.57. The summed E-state index contributed by atoms with van der Waals surface area (Å²) in [5.74, 6) is -0.234. The number of benzene rings is 1. The number of methoxy groups -OCH3 is 1. The third kappa shape index (κ3) is 3.44. The minimum Gasteiger partial charge on any atom is -0.496 e. The molecule has 0 amide bonds. The van der Waals surface area contributed by atoms with Gasteiger partial charge in [-0.15, -0.1) is 0 Å². The van der Waals surface area contributed by atoms with E-state index in [2.05, 4.69) is 15.9 Å². The first kappa shape index (κ1) is 14.0. The van der Waals surface area contributed by atoms with Crippen molar-refractivity contribution in [2.24, 2.45) is 5.73 Å². The van der Waals surface area contributed by atoms with Crippen molar-refractivity contribution < 1.29 is 14.6 Å². The van der Waals surface area contributed by atoms with E-state index >= 15 is 0 Å².